The number of hydrogen-bond donors (Lipinski definition) is 1. The summed E-state index contributed by atoms with van der Waals surface area (Å²) < 4.78 is 4.64. The highest BCUT2D eigenvalue weighted by Gasteiger charge is 2.25. The van der Waals surface area contributed by atoms with Gasteiger partial charge in [-0.3, -0.25) is 4.79 Å². The van der Waals surface area contributed by atoms with Crippen LogP contribution in [0.2, 0.25) is 0 Å². The second-order valence-corrected chi connectivity index (χ2v) is 7.06. The Balaban J connectivity index is 1.82. The molecule has 19 heavy (non-hydrogen) atoms. The lowest BCUT2D eigenvalue weighted by molar-refractivity contribution is -0.139. The first kappa shape index (κ1) is 14.7. The Morgan fingerprint density at radius 2 is 2.47 bits per heavy atom. The molecule has 0 saturated heterocycles. The molecule has 1 aliphatic carbocycles. The Hall–Kier alpha value is -0.750. The van der Waals surface area contributed by atoms with Crippen molar-refractivity contribution in [3.8, 4) is 0 Å². The van der Waals surface area contributed by atoms with E-state index in [4.69, 9.17) is 0 Å². The van der Waals surface area contributed by atoms with Gasteiger partial charge in [0.1, 0.15) is 0 Å². The van der Waals surface area contributed by atoms with E-state index >= 15 is 0 Å². The van der Waals surface area contributed by atoms with Crippen LogP contribution in [0.1, 0.15) is 31.9 Å². The average molecular weight is 300 g/mol. The molecule has 0 aliphatic heterocycles. The van der Waals surface area contributed by atoms with Crippen LogP contribution in [-0.4, -0.2) is 35.1 Å². The lowest BCUT2D eigenvalue weighted by Crippen LogP contribution is -2.16. The number of carbonyl (C=O) groups excluding carboxylic acids is 1. The van der Waals surface area contributed by atoms with E-state index < -0.39 is 0 Å². The molecule has 6 heteroatoms. The fourth-order valence-electron chi connectivity index (χ4n) is 2.31. The maximum absolute atomic E-state index is 11.2. The zero-order valence-electron chi connectivity index (χ0n) is 11.3. The van der Waals surface area contributed by atoms with E-state index in [0.717, 1.165) is 16.1 Å². The number of carbonyl (C=O) groups is 1. The van der Waals surface area contributed by atoms with Gasteiger partial charge in [-0.2, -0.15) is 11.8 Å². The predicted molar refractivity (Wildman–Crippen MR) is 81.0 cm³/mol. The van der Waals surface area contributed by atoms with Gasteiger partial charge in [-0.15, -0.1) is 11.3 Å². The second-order valence-electron chi connectivity index (χ2n) is 4.63. The Kier molecular flexibility index (Phi) is 5.51. The van der Waals surface area contributed by atoms with Crippen molar-refractivity contribution >= 4 is 34.2 Å². The number of esters is 1. The number of nitrogens with one attached hydrogen (secondary N) is 1. The topological polar surface area (TPSA) is 51.2 Å². The summed E-state index contributed by atoms with van der Waals surface area (Å²) in [5, 5.41) is 7.12. The van der Waals surface area contributed by atoms with E-state index in [2.05, 4.69) is 33.7 Å². The van der Waals surface area contributed by atoms with Gasteiger partial charge in [0, 0.05) is 16.7 Å². The lowest BCUT2D eigenvalue weighted by atomic mass is 10.3. The molecule has 1 aliphatic rings. The number of rotatable bonds is 6. The smallest absolute Gasteiger partial charge is 0.311 e. The Morgan fingerprint density at radius 1 is 1.63 bits per heavy atom. The molecule has 1 aromatic rings. The number of aromatic nitrogens is 1. The number of nitrogens with zero attached hydrogens (tertiary/aromatic N) is 1. The first-order chi connectivity index (χ1) is 9.21. The van der Waals surface area contributed by atoms with Crippen molar-refractivity contribution in [2.75, 3.05) is 18.2 Å². The largest absolute Gasteiger partial charge is 0.469 e. The van der Waals surface area contributed by atoms with Crippen LogP contribution in [0.25, 0.3) is 0 Å². The van der Waals surface area contributed by atoms with Crippen LogP contribution in [0.4, 0.5) is 5.13 Å². The monoisotopic (exact) mass is 300 g/mol. The number of thiazole rings is 1. The minimum atomic E-state index is -0.239. The Bertz CT molecular complexity index is 423. The van der Waals surface area contributed by atoms with E-state index in [1.54, 1.807) is 11.3 Å². The summed E-state index contributed by atoms with van der Waals surface area (Å²) in [5.74, 6) is 0.954. The van der Waals surface area contributed by atoms with Gasteiger partial charge < -0.3 is 10.1 Å². The SMILES string of the molecule is CCSC1CCC(Nc2nc(CC(=O)OC)cs2)C1. The molecule has 4 nitrogen and oxygen atoms in total. The summed E-state index contributed by atoms with van der Waals surface area (Å²) in [7, 11) is 1.40. The summed E-state index contributed by atoms with van der Waals surface area (Å²) >= 11 is 3.62. The molecular weight excluding hydrogens is 280 g/mol. The van der Waals surface area contributed by atoms with E-state index in [1.807, 2.05) is 5.38 Å². The zero-order chi connectivity index (χ0) is 13.7. The summed E-state index contributed by atoms with van der Waals surface area (Å²) in [6.45, 7) is 2.21. The molecule has 1 N–H and O–H groups in total. The van der Waals surface area contributed by atoms with Gasteiger partial charge >= 0.3 is 5.97 Å². The van der Waals surface area contributed by atoms with Crippen molar-refractivity contribution in [2.24, 2.45) is 0 Å². The van der Waals surface area contributed by atoms with Gasteiger partial charge in [0.2, 0.25) is 0 Å². The standard InChI is InChI=1S/C13H20N2O2S2/c1-3-18-11-5-4-9(6-11)14-13-15-10(8-19-13)7-12(16)17-2/h8-9,11H,3-7H2,1-2H3,(H,14,15). The summed E-state index contributed by atoms with van der Waals surface area (Å²) in [6.07, 6.45) is 3.97. The van der Waals surface area contributed by atoms with Gasteiger partial charge in [0.25, 0.3) is 0 Å². The molecule has 0 radical (unpaired) electrons. The molecule has 0 amide bonds. The molecular formula is C13H20N2O2S2. The molecule has 2 unspecified atom stereocenters. The van der Waals surface area contributed by atoms with E-state index in [-0.39, 0.29) is 12.4 Å². The number of methoxy groups -OCH3 is 1. The molecule has 2 rings (SSSR count). The first-order valence-electron chi connectivity index (χ1n) is 6.60. The van der Waals surface area contributed by atoms with Gasteiger partial charge in [0.05, 0.1) is 19.2 Å². The molecule has 1 fully saturated rings. The summed E-state index contributed by atoms with van der Waals surface area (Å²) in [5.41, 5.74) is 0.789. The molecule has 1 saturated carbocycles. The number of anilines is 1. The van der Waals surface area contributed by atoms with Gasteiger partial charge in [-0.05, 0) is 25.0 Å². The van der Waals surface area contributed by atoms with Gasteiger partial charge in [-0.1, -0.05) is 6.92 Å². The zero-order valence-corrected chi connectivity index (χ0v) is 13.0. The normalized spacial score (nSPS) is 22.4. The molecule has 1 heterocycles. The van der Waals surface area contributed by atoms with Crippen molar-refractivity contribution in [3.05, 3.63) is 11.1 Å². The van der Waals surface area contributed by atoms with Crippen LogP contribution in [0.5, 0.6) is 0 Å². The van der Waals surface area contributed by atoms with Crippen LogP contribution in [0.15, 0.2) is 5.38 Å². The van der Waals surface area contributed by atoms with Crippen LogP contribution in [-0.2, 0) is 16.0 Å². The average Bonchev–Trinajstić information content (AvgIpc) is 3.00. The fourth-order valence-corrected chi connectivity index (χ4v) is 4.24. The number of thioether (sulfide) groups is 1. The highest BCUT2D eigenvalue weighted by atomic mass is 32.2. The molecule has 1 aromatic heterocycles. The minimum Gasteiger partial charge on any atom is -0.469 e. The molecule has 106 valence electrons. The van der Waals surface area contributed by atoms with Crippen molar-refractivity contribution < 1.29 is 9.53 Å². The number of ether oxygens (including phenoxy) is 1. The predicted octanol–water partition coefficient (Wildman–Crippen LogP) is 2.94. The lowest BCUT2D eigenvalue weighted by Gasteiger charge is -2.11. The minimum absolute atomic E-state index is 0.239. The molecule has 0 aromatic carbocycles. The van der Waals surface area contributed by atoms with E-state index in [1.165, 1.54) is 32.1 Å². The highest BCUT2D eigenvalue weighted by molar-refractivity contribution is 7.99. The van der Waals surface area contributed by atoms with Gasteiger partial charge in [0.15, 0.2) is 5.13 Å². The van der Waals surface area contributed by atoms with Gasteiger partial charge in [-0.25, -0.2) is 4.98 Å². The van der Waals surface area contributed by atoms with Crippen molar-refractivity contribution in [1.29, 1.82) is 0 Å². The van der Waals surface area contributed by atoms with Crippen molar-refractivity contribution in [2.45, 2.75) is 43.9 Å². The second kappa shape index (κ2) is 7.14. The third-order valence-electron chi connectivity index (χ3n) is 3.22. The molecule has 0 spiro atoms. The Labute approximate surface area is 122 Å². The van der Waals surface area contributed by atoms with Crippen LogP contribution >= 0.6 is 23.1 Å². The quantitative estimate of drug-likeness (QED) is 0.819. The number of hydrogen-bond acceptors (Lipinski definition) is 6. The van der Waals surface area contributed by atoms with Crippen LogP contribution in [0, 0.1) is 0 Å². The first-order valence-corrected chi connectivity index (χ1v) is 8.53. The van der Waals surface area contributed by atoms with Crippen molar-refractivity contribution in [3.63, 3.8) is 0 Å². The summed E-state index contributed by atoms with van der Waals surface area (Å²) in [6, 6.07) is 0.529. The maximum atomic E-state index is 11.2. The molecule has 2 atom stereocenters. The third-order valence-corrected chi connectivity index (χ3v) is 5.27. The maximum Gasteiger partial charge on any atom is 0.311 e. The van der Waals surface area contributed by atoms with Crippen molar-refractivity contribution in [1.82, 2.24) is 4.98 Å². The third kappa shape index (κ3) is 4.38. The fraction of sp³-hybridized carbons (Fsp3) is 0.692. The highest BCUT2D eigenvalue weighted by Crippen LogP contribution is 2.32. The van der Waals surface area contributed by atoms with E-state index in [0.29, 0.717) is 6.04 Å². The molecule has 0 bridgehead atoms. The van der Waals surface area contributed by atoms with Crippen LogP contribution < -0.4 is 5.32 Å². The van der Waals surface area contributed by atoms with Crippen LogP contribution in [0.3, 0.4) is 0 Å². The summed E-state index contributed by atoms with van der Waals surface area (Å²) in [4.78, 5) is 15.6. The van der Waals surface area contributed by atoms with E-state index in [9.17, 15) is 4.79 Å². The Morgan fingerprint density at radius 3 is 3.21 bits per heavy atom.